The number of hydrogen-bond acceptors (Lipinski definition) is 4. The number of nitrogens with one attached hydrogen (secondary N) is 1. The highest BCUT2D eigenvalue weighted by Crippen LogP contribution is 2.22. The summed E-state index contributed by atoms with van der Waals surface area (Å²) in [5.41, 5.74) is 2.25. The molecule has 4 rings (SSSR count). The van der Waals surface area contributed by atoms with Crippen LogP contribution < -0.4 is 15.2 Å². The number of sulfonamides is 1. The predicted molar refractivity (Wildman–Crippen MR) is 138 cm³/mol. The second-order valence-electron chi connectivity index (χ2n) is 8.33. The minimum absolute atomic E-state index is 0.00684. The van der Waals surface area contributed by atoms with Gasteiger partial charge in [0.05, 0.1) is 29.9 Å². The number of halogens is 1. The quantitative estimate of drug-likeness (QED) is 0.411. The molecule has 0 aliphatic carbocycles. The zero-order valence-corrected chi connectivity index (χ0v) is 20.8. The van der Waals surface area contributed by atoms with Crippen molar-refractivity contribution in [3.05, 3.63) is 112 Å². The summed E-state index contributed by atoms with van der Waals surface area (Å²) in [6.07, 6.45) is 1.08. The predicted octanol–water partition coefficient (Wildman–Crippen LogP) is 3.84. The zero-order valence-electron chi connectivity index (χ0n) is 20.0. The van der Waals surface area contributed by atoms with Crippen molar-refractivity contribution in [1.82, 2.24) is 9.36 Å². The van der Waals surface area contributed by atoms with E-state index >= 15 is 0 Å². The fourth-order valence-corrected chi connectivity index (χ4v) is 4.72. The summed E-state index contributed by atoms with van der Waals surface area (Å²) in [4.78, 5) is 26.0. The molecule has 0 unspecified atom stereocenters. The van der Waals surface area contributed by atoms with Crippen LogP contribution in [0.5, 0.6) is 0 Å². The fourth-order valence-electron chi connectivity index (χ4n) is 3.83. The second-order valence-corrected chi connectivity index (χ2v) is 10.2. The maximum atomic E-state index is 13.2. The van der Waals surface area contributed by atoms with Crippen LogP contribution in [0.2, 0.25) is 0 Å². The van der Waals surface area contributed by atoms with Crippen molar-refractivity contribution >= 4 is 27.3 Å². The van der Waals surface area contributed by atoms with E-state index < -0.39 is 21.7 Å². The smallest absolute Gasteiger partial charge is 0.295 e. The summed E-state index contributed by atoms with van der Waals surface area (Å²) in [6, 6.07) is 20.6. The van der Waals surface area contributed by atoms with Crippen molar-refractivity contribution in [3.63, 3.8) is 0 Å². The lowest BCUT2D eigenvalue weighted by atomic mass is 10.1. The topological polar surface area (TPSA) is 93.4 Å². The first kappa shape index (κ1) is 24.9. The number of carbonyl (C=O) groups is 1. The van der Waals surface area contributed by atoms with E-state index in [1.54, 1.807) is 30.8 Å². The molecular formula is C26H25FN4O4S. The summed E-state index contributed by atoms with van der Waals surface area (Å²) in [7, 11) is -1.92. The number of carbonyl (C=O) groups excluding carboxylic acids is 1. The number of rotatable bonds is 7. The highest BCUT2D eigenvalue weighted by atomic mass is 32.2. The molecule has 0 spiro atoms. The standard InChI is InChI=1S/C26H25FN4O4S/c1-18-24(26(33)31(29(18)2)23-7-5-4-6-8-23)28-25(32)20-11-15-22(16-12-20)30(36(3,34)35)17-19-9-13-21(27)14-10-19/h4-16H,17H2,1-3H3,(H,28,32). The van der Waals surface area contributed by atoms with Gasteiger partial charge in [0.2, 0.25) is 10.0 Å². The molecule has 0 aliphatic heterocycles. The second kappa shape index (κ2) is 9.82. The number of anilines is 2. The molecule has 8 nitrogen and oxygen atoms in total. The van der Waals surface area contributed by atoms with Crippen molar-refractivity contribution in [3.8, 4) is 5.69 Å². The molecule has 0 atom stereocenters. The van der Waals surface area contributed by atoms with E-state index in [-0.39, 0.29) is 23.4 Å². The molecule has 36 heavy (non-hydrogen) atoms. The van der Waals surface area contributed by atoms with Crippen LogP contribution in [0.15, 0.2) is 83.7 Å². The summed E-state index contributed by atoms with van der Waals surface area (Å²) in [6.45, 7) is 1.74. The average molecular weight is 509 g/mol. The van der Waals surface area contributed by atoms with Gasteiger partial charge in [0.25, 0.3) is 11.5 Å². The lowest BCUT2D eigenvalue weighted by Crippen LogP contribution is -2.29. The number of nitrogens with zero attached hydrogens (tertiary/aromatic N) is 3. The normalized spacial score (nSPS) is 11.3. The molecule has 1 N–H and O–H groups in total. The van der Waals surface area contributed by atoms with Gasteiger partial charge in [-0.1, -0.05) is 30.3 Å². The number of aromatic nitrogens is 2. The number of hydrogen-bond donors (Lipinski definition) is 1. The fraction of sp³-hybridized carbons (Fsp3) is 0.154. The summed E-state index contributed by atoms with van der Waals surface area (Å²) >= 11 is 0. The highest BCUT2D eigenvalue weighted by Gasteiger charge is 2.21. The van der Waals surface area contributed by atoms with Crippen LogP contribution in [0.1, 0.15) is 21.6 Å². The number of benzene rings is 3. The lowest BCUT2D eigenvalue weighted by molar-refractivity contribution is 0.102. The van der Waals surface area contributed by atoms with E-state index in [4.69, 9.17) is 0 Å². The van der Waals surface area contributed by atoms with Gasteiger partial charge < -0.3 is 5.32 Å². The molecule has 0 aliphatic rings. The maximum absolute atomic E-state index is 13.2. The van der Waals surface area contributed by atoms with Gasteiger partial charge in [-0.3, -0.25) is 18.6 Å². The Morgan fingerprint density at radius 1 is 0.972 bits per heavy atom. The SMILES string of the molecule is Cc1c(NC(=O)c2ccc(N(Cc3ccc(F)cc3)S(C)(=O)=O)cc2)c(=O)n(-c2ccccc2)n1C. The van der Waals surface area contributed by atoms with Crippen molar-refractivity contribution in [1.29, 1.82) is 0 Å². The van der Waals surface area contributed by atoms with Crippen LogP contribution in [-0.4, -0.2) is 29.9 Å². The van der Waals surface area contributed by atoms with Crippen LogP contribution in [-0.2, 0) is 23.6 Å². The molecule has 1 heterocycles. The van der Waals surface area contributed by atoms with Gasteiger partial charge in [0.1, 0.15) is 11.5 Å². The Morgan fingerprint density at radius 3 is 2.17 bits per heavy atom. The van der Waals surface area contributed by atoms with Gasteiger partial charge >= 0.3 is 0 Å². The Balaban J connectivity index is 1.58. The van der Waals surface area contributed by atoms with Crippen molar-refractivity contribution in [2.75, 3.05) is 15.9 Å². The van der Waals surface area contributed by atoms with Crippen LogP contribution in [0, 0.1) is 12.7 Å². The number of amides is 1. The van der Waals surface area contributed by atoms with Gasteiger partial charge in [0.15, 0.2) is 0 Å². The summed E-state index contributed by atoms with van der Waals surface area (Å²) in [5.74, 6) is -0.916. The van der Waals surface area contributed by atoms with E-state index in [1.165, 1.54) is 57.5 Å². The third kappa shape index (κ3) is 5.08. The largest absolute Gasteiger partial charge is 0.316 e. The first-order valence-corrected chi connectivity index (χ1v) is 12.9. The molecule has 0 saturated heterocycles. The summed E-state index contributed by atoms with van der Waals surface area (Å²) in [5, 5.41) is 2.69. The first-order valence-electron chi connectivity index (χ1n) is 11.0. The van der Waals surface area contributed by atoms with Crippen molar-refractivity contribution in [2.24, 2.45) is 7.05 Å². The van der Waals surface area contributed by atoms with E-state index in [0.717, 1.165) is 6.26 Å². The van der Waals surface area contributed by atoms with Crippen molar-refractivity contribution < 1.29 is 17.6 Å². The molecule has 0 fully saturated rings. The molecule has 186 valence electrons. The highest BCUT2D eigenvalue weighted by molar-refractivity contribution is 7.92. The minimum atomic E-state index is -3.66. The molecule has 0 radical (unpaired) electrons. The van der Waals surface area contributed by atoms with Gasteiger partial charge in [-0.25, -0.2) is 17.5 Å². The zero-order chi connectivity index (χ0) is 26.0. The molecule has 3 aromatic carbocycles. The molecule has 4 aromatic rings. The van der Waals surface area contributed by atoms with Gasteiger partial charge in [-0.05, 0) is 61.0 Å². The third-order valence-corrected chi connectivity index (χ3v) is 6.99. The molecular weight excluding hydrogens is 483 g/mol. The van der Waals surface area contributed by atoms with E-state index in [2.05, 4.69) is 5.32 Å². The van der Waals surface area contributed by atoms with Crippen LogP contribution in [0.3, 0.4) is 0 Å². The third-order valence-electron chi connectivity index (χ3n) is 5.85. The van der Waals surface area contributed by atoms with Gasteiger partial charge in [-0.15, -0.1) is 0 Å². The van der Waals surface area contributed by atoms with E-state index in [1.807, 2.05) is 18.2 Å². The van der Waals surface area contributed by atoms with Crippen LogP contribution in [0.25, 0.3) is 5.69 Å². The Bertz CT molecular complexity index is 1560. The molecule has 0 bridgehead atoms. The summed E-state index contributed by atoms with van der Waals surface area (Å²) < 4.78 is 42.4. The van der Waals surface area contributed by atoms with Crippen LogP contribution in [0.4, 0.5) is 15.8 Å². The van der Waals surface area contributed by atoms with Gasteiger partial charge in [0, 0.05) is 12.6 Å². The monoisotopic (exact) mass is 508 g/mol. The average Bonchev–Trinajstić information content (AvgIpc) is 3.06. The number of para-hydroxylation sites is 1. The Labute approximate surface area is 208 Å². The van der Waals surface area contributed by atoms with Crippen molar-refractivity contribution in [2.45, 2.75) is 13.5 Å². The van der Waals surface area contributed by atoms with Crippen LogP contribution >= 0.6 is 0 Å². The minimum Gasteiger partial charge on any atom is -0.316 e. The Hall–Kier alpha value is -4.18. The van der Waals surface area contributed by atoms with Gasteiger partial charge in [-0.2, -0.15) is 0 Å². The van der Waals surface area contributed by atoms with E-state index in [9.17, 15) is 22.4 Å². The Morgan fingerprint density at radius 2 is 1.58 bits per heavy atom. The molecule has 10 heteroatoms. The molecule has 1 aromatic heterocycles. The first-order chi connectivity index (χ1) is 17.1. The molecule has 1 amide bonds. The van der Waals surface area contributed by atoms with E-state index in [0.29, 0.717) is 22.6 Å². The Kier molecular flexibility index (Phi) is 6.80. The maximum Gasteiger partial charge on any atom is 0.295 e. The lowest BCUT2D eigenvalue weighted by Gasteiger charge is -2.22. The molecule has 0 saturated carbocycles.